The molecule has 0 bridgehead atoms. The van der Waals surface area contributed by atoms with Crippen LogP contribution in [-0.2, 0) is 11.2 Å². The number of carbonyl (C=O) groups excluding carboxylic acids is 1. The maximum Gasteiger partial charge on any atom is 0.441 e. The molecule has 0 fully saturated rings. The van der Waals surface area contributed by atoms with Gasteiger partial charge in [0.15, 0.2) is 0 Å². The van der Waals surface area contributed by atoms with Gasteiger partial charge in [-0.25, -0.2) is 4.98 Å². The van der Waals surface area contributed by atoms with Crippen LogP contribution >= 0.6 is 11.8 Å². The van der Waals surface area contributed by atoms with Crippen molar-refractivity contribution < 1.29 is 18.0 Å². The lowest BCUT2D eigenvalue weighted by Gasteiger charge is -2.07. The molecule has 23 heavy (non-hydrogen) atoms. The summed E-state index contributed by atoms with van der Waals surface area (Å²) in [5.41, 5.74) is -3.22. The number of carbonyl (C=O) groups is 1. The smallest absolute Gasteiger partial charge is 0.355 e. The molecule has 0 aliphatic carbocycles. The van der Waals surface area contributed by atoms with E-state index in [0.717, 1.165) is 0 Å². The number of benzene rings is 1. The summed E-state index contributed by atoms with van der Waals surface area (Å²) in [6.45, 7) is -0.0789. The number of hydrogen-bond donors (Lipinski definition) is 2. The molecule has 0 spiro atoms. The summed E-state index contributed by atoms with van der Waals surface area (Å²) >= 11 is -0.188. The highest BCUT2D eigenvalue weighted by Gasteiger charge is 2.27. The molecule has 0 aliphatic heterocycles. The van der Waals surface area contributed by atoms with Crippen molar-refractivity contribution in [2.45, 2.75) is 18.3 Å². The van der Waals surface area contributed by atoms with E-state index in [1.54, 1.807) is 24.3 Å². The van der Waals surface area contributed by atoms with Gasteiger partial charge < -0.3 is 10.3 Å². The molecular formula is C14H14F3N3O2S. The first-order chi connectivity index (χ1) is 10.8. The van der Waals surface area contributed by atoms with Gasteiger partial charge in [-0.2, -0.15) is 13.2 Å². The second-order valence-corrected chi connectivity index (χ2v) is 5.83. The van der Waals surface area contributed by atoms with Crippen LogP contribution in [0.1, 0.15) is 12.1 Å². The number of thioether (sulfide) groups is 1. The Bertz CT molecular complexity index is 746. The van der Waals surface area contributed by atoms with E-state index in [9.17, 15) is 22.8 Å². The molecule has 9 heteroatoms. The second-order valence-electron chi connectivity index (χ2n) is 4.67. The van der Waals surface area contributed by atoms with Gasteiger partial charge >= 0.3 is 5.51 Å². The molecule has 1 aromatic carbocycles. The molecule has 0 aliphatic rings. The fourth-order valence-electron chi connectivity index (χ4n) is 1.91. The molecule has 0 atom stereocenters. The van der Waals surface area contributed by atoms with Crippen molar-refractivity contribution >= 4 is 28.7 Å². The molecule has 1 heterocycles. The quantitative estimate of drug-likeness (QED) is 0.788. The number of para-hydroxylation sites is 2. The van der Waals surface area contributed by atoms with E-state index >= 15 is 0 Å². The summed E-state index contributed by atoms with van der Waals surface area (Å²) < 4.78 is 35.8. The highest BCUT2D eigenvalue weighted by atomic mass is 32.2. The standard InChI is InChI=1S/C14H14F3N3O2S/c15-14(16,17)23-8-7-18-12(21)6-5-11-13(22)20-10-4-2-1-3-9(10)19-11/h1-4H,5-8H2,(H,18,21)(H,20,22). The van der Waals surface area contributed by atoms with Gasteiger partial charge in [0.25, 0.3) is 5.56 Å². The van der Waals surface area contributed by atoms with E-state index < -0.39 is 11.4 Å². The fraction of sp³-hybridized carbons (Fsp3) is 0.357. The molecule has 0 saturated heterocycles. The van der Waals surface area contributed by atoms with Crippen LogP contribution in [0.25, 0.3) is 11.0 Å². The Balaban J connectivity index is 1.85. The first-order valence-corrected chi connectivity index (χ1v) is 7.79. The predicted molar refractivity (Wildman–Crippen MR) is 82.2 cm³/mol. The summed E-state index contributed by atoms with van der Waals surface area (Å²) in [6.07, 6.45) is 0.115. The van der Waals surface area contributed by atoms with Crippen molar-refractivity contribution in [1.82, 2.24) is 15.3 Å². The largest absolute Gasteiger partial charge is 0.441 e. The molecule has 5 nitrogen and oxygen atoms in total. The molecule has 1 amide bonds. The minimum atomic E-state index is -4.30. The summed E-state index contributed by atoms with van der Waals surface area (Å²) in [5, 5.41) is 2.38. The van der Waals surface area contributed by atoms with Crippen LogP contribution in [0.5, 0.6) is 0 Å². The number of aromatic amines is 1. The van der Waals surface area contributed by atoms with E-state index in [2.05, 4.69) is 15.3 Å². The van der Waals surface area contributed by atoms with Crippen LogP contribution in [0.2, 0.25) is 0 Å². The minimum Gasteiger partial charge on any atom is -0.355 e. The van der Waals surface area contributed by atoms with Crippen molar-refractivity contribution in [2.24, 2.45) is 0 Å². The van der Waals surface area contributed by atoms with Gasteiger partial charge in [0.2, 0.25) is 5.91 Å². The average molecular weight is 345 g/mol. The number of aromatic nitrogens is 2. The van der Waals surface area contributed by atoms with Gasteiger partial charge in [-0.1, -0.05) is 12.1 Å². The van der Waals surface area contributed by atoms with E-state index in [0.29, 0.717) is 11.0 Å². The molecule has 124 valence electrons. The fourth-order valence-corrected chi connectivity index (χ4v) is 2.35. The third-order valence-electron chi connectivity index (χ3n) is 2.95. The first kappa shape index (κ1) is 17.3. The minimum absolute atomic E-state index is 0.00882. The van der Waals surface area contributed by atoms with Gasteiger partial charge in [0, 0.05) is 25.1 Å². The van der Waals surface area contributed by atoms with Crippen molar-refractivity contribution in [3.63, 3.8) is 0 Å². The monoisotopic (exact) mass is 345 g/mol. The molecular weight excluding hydrogens is 331 g/mol. The highest BCUT2D eigenvalue weighted by molar-refractivity contribution is 8.00. The Morgan fingerprint density at radius 2 is 2.04 bits per heavy atom. The van der Waals surface area contributed by atoms with E-state index in [-0.39, 0.29) is 48.2 Å². The molecule has 0 unspecified atom stereocenters. The Kier molecular flexibility index (Phi) is 5.64. The number of hydrogen-bond acceptors (Lipinski definition) is 4. The van der Waals surface area contributed by atoms with Crippen LogP contribution in [0.15, 0.2) is 29.1 Å². The maximum atomic E-state index is 11.9. The topological polar surface area (TPSA) is 74.8 Å². The van der Waals surface area contributed by atoms with Gasteiger partial charge in [-0.15, -0.1) is 0 Å². The molecule has 0 radical (unpaired) electrons. The predicted octanol–water partition coefficient (Wildman–Crippen LogP) is 2.22. The number of nitrogens with zero attached hydrogens (tertiary/aromatic N) is 1. The summed E-state index contributed by atoms with van der Waals surface area (Å²) in [5.74, 6) is -0.661. The Labute approximate surface area is 133 Å². The molecule has 2 N–H and O–H groups in total. The number of H-pyrrole nitrogens is 1. The van der Waals surface area contributed by atoms with E-state index in [4.69, 9.17) is 0 Å². The number of nitrogens with one attached hydrogen (secondary N) is 2. The Hall–Kier alpha value is -2.03. The lowest BCUT2D eigenvalue weighted by Crippen LogP contribution is -2.27. The number of fused-ring (bicyclic) bond motifs is 1. The lowest BCUT2D eigenvalue weighted by atomic mass is 10.2. The van der Waals surface area contributed by atoms with Gasteiger partial charge in [-0.05, 0) is 23.9 Å². The van der Waals surface area contributed by atoms with Crippen molar-refractivity contribution in [3.8, 4) is 0 Å². The van der Waals surface area contributed by atoms with Crippen molar-refractivity contribution in [1.29, 1.82) is 0 Å². The molecule has 0 saturated carbocycles. The summed E-state index contributed by atoms with van der Waals surface area (Å²) in [6, 6.07) is 7.01. The average Bonchev–Trinajstić information content (AvgIpc) is 2.48. The summed E-state index contributed by atoms with van der Waals surface area (Å²) in [4.78, 5) is 30.3. The highest BCUT2D eigenvalue weighted by Crippen LogP contribution is 2.29. The van der Waals surface area contributed by atoms with Crippen LogP contribution < -0.4 is 10.9 Å². The van der Waals surface area contributed by atoms with Crippen LogP contribution in [0.3, 0.4) is 0 Å². The third-order valence-corrected chi connectivity index (χ3v) is 3.68. The first-order valence-electron chi connectivity index (χ1n) is 6.80. The van der Waals surface area contributed by atoms with Gasteiger partial charge in [0.1, 0.15) is 5.69 Å². The second kappa shape index (κ2) is 7.49. The Morgan fingerprint density at radius 1 is 1.30 bits per heavy atom. The van der Waals surface area contributed by atoms with E-state index in [1.807, 2.05) is 0 Å². The van der Waals surface area contributed by atoms with Gasteiger partial charge in [-0.3, -0.25) is 9.59 Å². The SMILES string of the molecule is O=C(CCc1nc2ccccc2[nH]c1=O)NCCSC(F)(F)F. The number of aryl methyl sites for hydroxylation is 1. The number of halogens is 3. The third kappa shape index (κ3) is 5.59. The zero-order chi connectivity index (χ0) is 16.9. The normalized spacial score (nSPS) is 11.6. The van der Waals surface area contributed by atoms with Crippen LogP contribution in [0.4, 0.5) is 13.2 Å². The van der Waals surface area contributed by atoms with Crippen molar-refractivity contribution in [2.75, 3.05) is 12.3 Å². The number of alkyl halides is 3. The maximum absolute atomic E-state index is 11.9. The molecule has 1 aromatic heterocycles. The number of amides is 1. The van der Waals surface area contributed by atoms with Crippen molar-refractivity contribution in [3.05, 3.63) is 40.3 Å². The molecule has 2 rings (SSSR count). The zero-order valence-electron chi connectivity index (χ0n) is 11.9. The van der Waals surface area contributed by atoms with Crippen LogP contribution in [-0.4, -0.2) is 33.7 Å². The Morgan fingerprint density at radius 3 is 2.78 bits per heavy atom. The lowest BCUT2D eigenvalue weighted by molar-refractivity contribution is -0.120. The van der Waals surface area contributed by atoms with E-state index in [1.165, 1.54) is 0 Å². The molecule has 2 aromatic rings. The van der Waals surface area contributed by atoms with Crippen LogP contribution in [0, 0.1) is 0 Å². The van der Waals surface area contributed by atoms with Gasteiger partial charge in [0.05, 0.1) is 11.0 Å². The summed E-state index contributed by atoms with van der Waals surface area (Å²) in [7, 11) is 0. The number of rotatable bonds is 6. The zero-order valence-corrected chi connectivity index (χ0v) is 12.8.